The van der Waals surface area contributed by atoms with Crippen molar-refractivity contribution < 1.29 is 14.6 Å². The molecule has 0 saturated heterocycles. The second-order valence-electron chi connectivity index (χ2n) is 4.19. The maximum atomic E-state index is 9.02. The highest BCUT2D eigenvalue weighted by Gasteiger charge is 2.08. The van der Waals surface area contributed by atoms with Gasteiger partial charge in [0, 0.05) is 26.3 Å². The lowest BCUT2D eigenvalue weighted by Crippen LogP contribution is -2.33. The van der Waals surface area contributed by atoms with Crippen LogP contribution in [0, 0.1) is 11.3 Å². The number of nitriles is 1. The van der Waals surface area contributed by atoms with Gasteiger partial charge in [-0.3, -0.25) is 0 Å². The van der Waals surface area contributed by atoms with Crippen molar-refractivity contribution in [2.24, 2.45) is 0 Å². The molecule has 1 atom stereocenters. The molecular formula is C14H20N2O3. The van der Waals surface area contributed by atoms with Crippen molar-refractivity contribution in [1.29, 1.82) is 5.26 Å². The molecule has 0 aliphatic heterocycles. The van der Waals surface area contributed by atoms with Gasteiger partial charge in [0.05, 0.1) is 19.3 Å². The Labute approximate surface area is 113 Å². The Hall–Kier alpha value is -1.61. The van der Waals surface area contributed by atoms with Crippen molar-refractivity contribution in [3.8, 4) is 11.8 Å². The predicted octanol–water partition coefficient (Wildman–Crippen LogP) is 1.05. The van der Waals surface area contributed by atoms with Gasteiger partial charge in [-0.1, -0.05) is 6.07 Å². The van der Waals surface area contributed by atoms with Crippen LogP contribution < -0.4 is 10.1 Å². The molecule has 1 rings (SSSR count). The lowest BCUT2D eigenvalue weighted by Gasteiger charge is -2.17. The van der Waals surface area contributed by atoms with Crippen LogP contribution in [0.25, 0.3) is 0 Å². The molecule has 1 aromatic rings. The highest BCUT2D eigenvalue weighted by Crippen LogP contribution is 2.18. The highest BCUT2D eigenvalue weighted by molar-refractivity contribution is 5.45. The van der Waals surface area contributed by atoms with E-state index in [1.165, 1.54) is 0 Å². The fourth-order valence-electron chi connectivity index (χ4n) is 1.82. The zero-order chi connectivity index (χ0) is 14.1. The number of hydrogen-bond acceptors (Lipinski definition) is 5. The van der Waals surface area contributed by atoms with Gasteiger partial charge in [-0.25, -0.2) is 0 Å². The number of nitrogens with zero attached hydrogens (tertiary/aromatic N) is 1. The predicted molar refractivity (Wildman–Crippen MR) is 71.9 cm³/mol. The van der Waals surface area contributed by atoms with E-state index in [9.17, 15) is 0 Å². The fraction of sp³-hybridized carbons (Fsp3) is 0.500. The molecule has 0 saturated carbocycles. The van der Waals surface area contributed by atoms with Crippen LogP contribution in [-0.4, -0.2) is 38.6 Å². The summed E-state index contributed by atoms with van der Waals surface area (Å²) in [6, 6.07) is 7.70. The summed E-state index contributed by atoms with van der Waals surface area (Å²) < 4.78 is 10.2. The van der Waals surface area contributed by atoms with E-state index in [0.29, 0.717) is 30.9 Å². The summed E-state index contributed by atoms with van der Waals surface area (Å²) in [4.78, 5) is 0. The van der Waals surface area contributed by atoms with Crippen LogP contribution in [0.1, 0.15) is 17.5 Å². The minimum Gasteiger partial charge on any atom is -0.495 e. The second-order valence-corrected chi connectivity index (χ2v) is 4.19. The number of aliphatic hydroxyl groups excluding tert-OH is 1. The van der Waals surface area contributed by atoms with E-state index in [1.54, 1.807) is 26.4 Å². The Morgan fingerprint density at radius 1 is 1.42 bits per heavy atom. The van der Waals surface area contributed by atoms with Crippen LogP contribution in [-0.2, 0) is 11.3 Å². The number of rotatable bonds is 8. The van der Waals surface area contributed by atoms with Crippen molar-refractivity contribution in [2.75, 3.05) is 27.4 Å². The minimum absolute atomic E-state index is 0.0997. The molecule has 5 nitrogen and oxygen atoms in total. The van der Waals surface area contributed by atoms with Crippen LogP contribution in [0.5, 0.6) is 5.75 Å². The first kappa shape index (κ1) is 15.4. The Kier molecular flexibility index (Phi) is 6.90. The molecule has 0 amide bonds. The molecular weight excluding hydrogens is 244 g/mol. The van der Waals surface area contributed by atoms with Gasteiger partial charge >= 0.3 is 0 Å². The number of hydrogen-bond donors (Lipinski definition) is 2. The molecule has 5 heteroatoms. The third-order valence-electron chi connectivity index (χ3n) is 2.82. The van der Waals surface area contributed by atoms with Gasteiger partial charge in [0.15, 0.2) is 0 Å². The van der Waals surface area contributed by atoms with Crippen LogP contribution in [0.4, 0.5) is 0 Å². The molecule has 0 bridgehead atoms. The Balaban J connectivity index is 2.64. The molecule has 0 heterocycles. The summed E-state index contributed by atoms with van der Waals surface area (Å²) in [7, 11) is 3.18. The quantitative estimate of drug-likeness (QED) is 0.734. The first-order valence-corrected chi connectivity index (χ1v) is 6.15. The molecule has 0 spiro atoms. The van der Waals surface area contributed by atoms with Crippen molar-refractivity contribution >= 4 is 0 Å². The minimum atomic E-state index is 0.0997. The molecule has 0 radical (unpaired) electrons. The maximum Gasteiger partial charge on any atom is 0.136 e. The highest BCUT2D eigenvalue weighted by atomic mass is 16.5. The third kappa shape index (κ3) is 4.87. The summed E-state index contributed by atoms with van der Waals surface area (Å²) in [5.41, 5.74) is 1.52. The molecule has 0 fully saturated rings. The summed E-state index contributed by atoms with van der Waals surface area (Å²) in [5, 5.41) is 21.3. The average molecular weight is 264 g/mol. The van der Waals surface area contributed by atoms with E-state index in [2.05, 4.69) is 11.4 Å². The largest absolute Gasteiger partial charge is 0.495 e. The first-order chi connectivity index (χ1) is 9.24. The zero-order valence-corrected chi connectivity index (χ0v) is 11.3. The average Bonchev–Trinajstić information content (AvgIpc) is 2.44. The summed E-state index contributed by atoms with van der Waals surface area (Å²) in [6.45, 7) is 1.28. The van der Waals surface area contributed by atoms with Gasteiger partial charge in [0.2, 0.25) is 0 Å². The standard InChI is InChI=1S/C14H20N2O3/c1-18-10-13(5-6-17)16-9-11-3-4-14(19-2)12(7-11)8-15/h3-4,7,13,16-17H,5-6,9-10H2,1-2H3. The fourth-order valence-corrected chi connectivity index (χ4v) is 1.82. The van der Waals surface area contributed by atoms with Gasteiger partial charge in [-0.2, -0.15) is 5.26 Å². The van der Waals surface area contributed by atoms with E-state index >= 15 is 0 Å². The molecule has 104 valence electrons. The monoisotopic (exact) mass is 264 g/mol. The number of benzene rings is 1. The second kappa shape index (κ2) is 8.48. The lowest BCUT2D eigenvalue weighted by molar-refractivity contribution is 0.148. The van der Waals surface area contributed by atoms with Crippen LogP contribution >= 0.6 is 0 Å². The lowest BCUT2D eigenvalue weighted by atomic mass is 10.1. The number of methoxy groups -OCH3 is 2. The SMILES string of the molecule is COCC(CCO)NCc1ccc(OC)c(C#N)c1. The van der Waals surface area contributed by atoms with E-state index < -0.39 is 0 Å². The first-order valence-electron chi connectivity index (χ1n) is 6.15. The zero-order valence-electron chi connectivity index (χ0n) is 11.3. The van der Waals surface area contributed by atoms with Gasteiger partial charge < -0.3 is 19.9 Å². The van der Waals surface area contributed by atoms with Crippen molar-refractivity contribution in [2.45, 2.75) is 19.0 Å². The topological polar surface area (TPSA) is 74.5 Å². The number of nitrogens with one attached hydrogen (secondary N) is 1. The number of aliphatic hydroxyl groups is 1. The van der Waals surface area contributed by atoms with Crippen molar-refractivity contribution in [1.82, 2.24) is 5.32 Å². The Morgan fingerprint density at radius 2 is 2.21 bits per heavy atom. The maximum absolute atomic E-state index is 9.02. The van der Waals surface area contributed by atoms with E-state index in [1.807, 2.05) is 6.07 Å². The van der Waals surface area contributed by atoms with E-state index in [0.717, 1.165) is 5.56 Å². The Bertz CT molecular complexity index is 423. The normalized spacial score (nSPS) is 11.9. The summed E-state index contributed by atoms with van der Waals surface area (Å²) in [6.07, 6.45) is 0.634. The van der Waals surface area contributed by atoms with Crippen LogP contribution in [0.15, 0.2) is 18.2 Å². The van der Waals surface area contributed by atoms with Gasteiger partial charge in [-0.05, 0) is 24.1 Å². The summed E-state index contributed by atoms with van der Waals surface area (Å²) in [5.74, 6) is 0.579. The molecule has 2 N–H and O–H groups in total. The van der Waals surface area contributed by atoms with Crippen molar-refractivity contribution in [3.05, 3.63) is 29.3 Å². The molecule has 0 aliphatic rings. The molecule has 0 aromatic heterocycles. The Morgan fingerprint density at radius 3 is 2.79 bits per heavy atom. The third-order valence-corrected chi connectivity index (χ3v) is 2.82. The summed E-state index contributed by atoms with van der Waals surface area (Å²) >= 11 is 0. The van der Waals surface area contributed by atoms with Gasteiger partial charge in [0.1, 0.15) is 11.8 Å². The smallest absolute Gasteiger partial charge is 0.136 e. The molecule has 0 aliphatic carbocycles. The van der Waals surface area contributed by atoms with E-state index in [4.69, 9.17) is 19.8 Å². The molecule has 19 heavy (non-hydrogen) atoms. The van der Waals surface area contributed by atoms with Crippen LogP contribution in [0.3, 0.4) is 0 Å². The number of ether oxygens (including phenoxy) is 2. The molecule has 1 aromatic carbocycles. The van der Waals surface area contributed by atoms with Crippen LogP contribution in [0.2, 0.25) is 0 Å². The van der Waals surface area contributed by atoms with E-state index in [-0.39, 0.29) is 12.6 Å². The van der Waals surface area contributed by atoms with Crippen molar-refractivity contribution in [3.63, 3.8) is 0 Å². The van der Waals surface area contributed by atoms with Gasteiger partial charge in [-0.15, -0.1) is 0 Å². The van der Waals surface area contributed by atoms with Gasteiger partial charge in [0.25, 0.3) is 0 Å². The molecule has 1 unspecified atom stereocenters.